The van der Waals surface area contributed by atoms with Crippen molar-refractivity contribution in [3.8, 4) is 17.6 Å². The van der Waals surface area contributed by atoms with Crippen molar-refractivity contribution in [2.45, 2.75) is 0 Å². The number of hydrogen-bond acceptors (Lipinski definition) is 4. The number of benzene rings is 2. The monoisotopic (exact) mass is 302 g/mol. The molecule has 0 fully saturated rings. The Balaban J connectivity index is 1.91. The topological polar surface area (TPSA) is 54.3 Å². The highest BCUT2D eigenvalue weighted by Crippen LogP contribution is 2.25. The van der Waals surface area contributed by atoms with E-state index >= 15 is 0 Å². The molecule has 0 aliphatic heterocycles. The molecule has 0 amide bonds. The van der Waals surface area contributed by atoms with E-state index < -0.39 is 0 Å². The Morgan fingerprint density at radius 3 is 2.67 bits per heavy atom. The predicted octanol–water partition coefficient (Wildman–Crippen LogP) is 3.71. The third kappa shape index (κ3) is 4.04. The van der Waals surface area contributed by atoms with Gasteiger partial charge < -0.3 is 14.8 Å². The molecule has 0 aliphatic rings. The molecule has 2 rings (SSSR count). The van der Waals surface area contributed by atoms with Crippen LogP contribution in [0.3, 0.4) is 0 Å². The maximum atomic E-state index is 9.03. The minimum atomic E-state index is 0.442. The van der Waals surface area contributed by atoms with E-state index in [1.165, 1.54) is 0 Å². The van der Waals surface area contributed by atoms with Crippen LogP contribution >= 0.6 is 11.6 Å². The van der Waals surface area contributed by atoms with Crippen molar-refractivity contribution in [2.75, 3.05) is 25.6 Å². The summed E-state index contributed by atoms with van der Waals surface area (Å²) in [6, 6.07) is 14.7. The number of nitrogens with zero attached hydrogens (tertiary/aromatic N) is 1. The smallest absolute Gasteiger partial charge is 0.161 e. The Hall–Kier alpha value is -2.38. The van der Waals surface area contributed by atoms with E-state index in [0.717, 1.165) is 0 Å². The predicted molar refractivity (Wildman–Crippen MR) is 83.1 cm³/mol. The summed E-state index contributed by atoms with van der Waals surface area (Å²) in [5.41, 5.74) is 1.25. The quantitative estimate of drug-likeness (QED) is 0.826. The molecular formula is C16H15ClN2O2. The lowest BCUT2D eigenvalue weighted by atomic mass is 10.2. The van der Waals surface area contributed by atoms with Crippen molar-refractivity contribution in [3.05, 3.63) is 53.1 Å². The zero-order valence-corrected chi connectivity index (χ0v) is 12.4. The fourth-order valence-corrected chi connectivity index (χ4v) is 2.02. The molecule has 108 valence electrons. The van der Waals surface area contributed by atoms with Crippen LogP contribution < -0.4 is 14.8 Å². The normalized spacial score (nSPS) is 9.76. The van der Waals surface area contributed by atoms with E-state index in [0.29, 0.717) is 40.9 Å². The van der Waals surface area contributed by atoms with Crippen molar-refractivity contribution < 1.29 is 9.47 Å². The summed E-state index contributed by atoms with van der Waals surface area (Å²) in [6.07, 6.45) is 0. The van der Waals surface area contributed by atoms with Gasteiger partial charge in [-0.1, -0.05) is 23.7 Å². The zero-order chi connectivity index (χ0) is 15.1. The minimum absolute atomic E-state index is 0.442. The van der Waals surface area contributed by atoms with Crippen molar-refractivity contribution in [1.29, 1.82) is 5.26 Å². The third-order valence-electron chi connectivity index (χ3n) is 2.85. The highest BCUT2D eigenvalue weighted by molar-refractivity contribution is 6.30. The summed E-state index contributed by atoms with van der Waals surface area (Å²) in [4.78, 5) is 0. The van der Waals surface area contributed by atoms with Crippen molar-refractivity contribution >= 4 is 17.3 Å². The number of rotatable bonds is 6. The van der Waals surface area contributed by atoms with Gasteiger partial charge in [0.2, 0.25) is 0 Å². The van der Waals surface area contributed by atoms with Gasteiger partial charge in [-0.05, 0) is 30.3 Å². The Kier molecular flexibility index (Phi) is 5.30. The van der Waals surface area contributed by atoms with Crippen molar-refractivity contribution in [2.24, 2.45) is 0 Å². The average molecular weight is 303 g/mol. The number of nitriles is 1. The van der Waals surface area contributed by atoms with Gasteiger partial charge in [0, 0.05) is 11.6 Å². The van der Waals surface area contributed by atoms with E-state index in [-0.39, 0.29) is 0 Å². The molecule has 0 atom stereocenters. The van der Waals surface area contributed by atoms with Gasteiger partial charge in [-0.3, -0.25) is 0 Å². The number of hydrogen-bond donors (Lipinski definition) is 1. The number of ether oxygens (including phenoxy) is 2. The molecule has 4 nitrogen and oxygen atoms in total. The Bertz CT molecular complexity index is 653. The highest BCUT2D eigenvalue weighted by Gasteiger charge is 2.04. The van der Waals surface area contributed by atoms with Gasteiger partial charge in [0.05, 0.1) is 18.4 Å². The van der Waals surface area contributed by atoms with Gasteiger partial charge in [0.15, 0.2) is 11.5 Å². The Labute approximate surface area is 128 Å². The number of anilines is 1. The van der Waals surface area contributed by atoms with Crippen LogP contribution in [0.25, 0.3) is 0 Å². The van der Waals surface area contributed by atoms with E-state index in [4.69, 9.17) is 26.3 Å². The van der Waals surface area contributed by atoms with Gasteiger partial charge in [-0.15, -0.1) is 0 Å². The second-order valence-corrected chi connectivity index (χ2v) is 4.66. The van der Waals surface area contributed by atoms with Crippen molar-refractivity contribution in [1.82, 2.24) is 0 Å². The van der Waals surface area contributed by atoms with E-state index in [1.54, 1.807) is 25.3 Å². The van der Waals surface area contributed by atoms with Gasteiger partial charge in [-0.25, -0.2) is 0 Å². The summed E-state index contributed by atoms with van der Waals surface area (Å²) in [5.74, 6) is 1.38. The maximum Gasteiger partial charge on any atom is 0.161 e. The molecule has 0 saturated carbocycles. The molecule has 21 heavy (non-hydrogen) atoms. The number of para-hydroxylation sites is 2. The molecule has 2 aromatic carbocycles. The number of halogens is 1. The van der Waals surface area contributed by atoms with Crippen LogP contribution in [0, 0.1) is 11.3 Å². The van der Waals surface area contributed by atoms with Gasteiger partial charge in [0.1, 0.15) is 12.7 Å². The summed E-state index contributed by atoms with van der Waals surface area (Å²) in [6.45, 7) is 0.991. The molecular weight excluding hydrogens is 288 g/mol. The third-order valence-corrected chi connectivity index (χ3v) is 3.08. The Morgan fingerprint density at radius 1 is 1.19 bits per heavy atom. The molecule has 0 aliphatic carbocycles. The minimum Gasteiger partial charge on any atom is -0.493 e. The van der Waals surface area contributed by atoms with Crippen LogP contribution in [0.4, 0.5) is 5.69 Å². The van der Waals surface area contributed by atoms with Gasteiger partial charge >= 0.3 is 0 Å². The van der Waals surface area contributed by atoms with Crippen LogP contribution in [0.15, 0.2) is 42.5 Å². The molecule has 2 aromatic rings. The first-order valence-corrected chi connectivity index (χ1v) is 6.81. The van der Waals surface area contributed by atoms with E-state index in [9.17, 15) is 0 Å². The lowest BCUT2D eigenvalue weighted by Gasteiger charge is -2.12. The molecule has 0 unspecified atom stereocenters. The standard InChI is InChI=1S/C16H15ClN2O2/c1-20-15-4-2-3-5-16(15)21-9-8-19-14-10-13(17)7-6-12(14)11-18/h2-7,10,19H,8-9H2,1H3. The van der Waals surface area contributed by atoms with Crippen LogP contribution in [0.5, 0.6) is 11.5 Å². The Morgan fingerprint density at radius 2 is 1.95 bits per heavy atom. The number of methoxy groups -OCH3 is 1. The van der Waals surface area contributed by atoms with Gasteiger partial charge in [-0.2, -0.15) is 5.26 Å². The van der Waals surface area contributed by atoms with Crippen LogP contribution in [-0.4, -0.2) is 20.3 Å². The first-order chi connectivity index (χ1) is 10.2. The first kappa shape index (κ1) is 15.0. The summed E-state index contributed by atoms with van der Waals surface area (Å²) in [5, 5.41) is 12.8. The fourth-order valence-electron chi connectivity index (χ4n) is 1.84. The summed E-state index contributed by atoms with van der Waals surface area (Å²) >= 11 is 5.92. The van der Waals surface area contributed by atoms with E-state index in [2.05, 4.69) is 11.4 Å². The summed E-state index contributed by atoms with van der Waals surface area (Å²) < 4.78 is 10.9. The largest absolute Gasteiger partial charge is 0.493 e. The van der Waals surface area contributed by atoms with E-state index in [1.807, 2.05) is 24.3 Å². The van der Waals surface area contributed by atoms with Gasteiger partial charge in [0.25, 0.3) is 0 Å². The SMILES string of the molecule is COc1ccccc1OCCNc1cc(Cl)ccc1C#N. The van der Waals surface area contributed by atoms with Crippen LogP contribution in [0.1, 0.15) is 5.56 Å². The molecule has 0 heterocycles. The molecule has 0 saturated heterocycles. The highest BCUT2D eigenvalue weighted by atomic mass is 35.5. The molecule has 0 spiro atoms. The van der Waals surface area contributed by atoms with Crippen LogP contribution in [0.2, 0.25) is 5.02 Å². The zero-order valence-electron chi connectivity index (χ0n) is 11.6. The second kappa shape index (κ2) is 7.41. The van der Waals surface area contributed by atoms with Crippen LogP contribution in [-0.2, 0) is 0 Å². The molecule has 0 radical (unpaired) electrons. The fraction of sp³-hybridized carbons (Fsp3) is 0.188. The summed E-state index contributed by atoms with van der Waals surface area (Å²) in [7, 11) is 1.60. The second-order valence-electron chi connectivity index (χ2n) is 4.23. The average Bonchev–Trinajstić information content (AvgIpc) is 2.52. The molecule has 1 N–H and O–H groups in total. The maximum absolute atomic E-state index is 9.03. The molecule has 5 heteroatoms. The first-order valence-electron chi connectivity index (χ1n) is 6.44. The lowest BCUT2D eigenvalue weighted by molar-refractivity contribution is 0.306. The van der Waals surface area contributed by atoms with Crippen molar-refractivity contribution in [3.63, 3.8) is 0 Å². The molecule has 0 bridgehead atoms. The lowest BCUT2D eigenvalue weighted by Crippen LogP contribution is -2.12. The number of nitrogens with one attached hydrogen (secondary N) is 1. The molecule has 0 aromatic heterocycles.